The molecule has 4 nitrogen and oxygen atoms in total. The molecule has 0 aromatic rings. The Morgan fingerprint density at radius 1 is 1.21 bits per heavy atom. The second kappa shape index (κ2) is 6.79. The highest BCUT2D eigenvalue weighted by Crippen LogP contribution is 2.02. The third-order valence-corrected chi connectivity index (χ3v) is 2.61. The fraction of sp³-hybridized carbons (Fsp3) is 0.900. The van der Waals surface area contributed by atoms with Gasteiger partial charge in [0, 0.05) is 32.6 Å². The average Bonchev–Trinajstić information content (AvgIpc) is 2.18. The van der Waals surface area contributed by atoms with Crippen molar-refractivity contribution in [2.24, 2.45) is 5.73 Å². The number of carbonyl (C=O) groups is 1. The number of hydrogen-bond acceptors (Lipinski definition) is 3. The van der Waals surface area contributed by atoms with Crippen LogP contribution in [0.2, 0.25) is 0 Å². The van der Waals surface area contributed by atoms with Gasteiger partial charge in [-0.1, -0.05) is 6.42 Å². The lowest BCUT2D eigenvalue weighted by atomic mass is 10.2. The number of nitrogens with one attached hydrogen (secondary N) is 1. The summed E-state index contributed by atoms with van der Waals surface area (Å²) in [7, 11) is 0. The Bertz CT molecular complexity index is 167. The molecule has 4 heteroatoms. The van der Waals surface area contributed by atoms with Gasteiger partial charge in [-0.2, -0.15) is 0 Å². The zero-order chi connectivity index (χ0) is 10.2. The monoisotopic (exact) mass is 199 g/mol. The van der Waals surface area contributed by atoms with Crippen LogP contribution in [0.1, 0.15) is 25.7 Å². The van der Waals surface area contributed by atoms with Gasteiger partial charge in [0.2, 0.25) is 5.91 Å². The zero-order valence-corrected chi connectivity index (χ0v) is 8.80. The molecule has 0 aliphatic carbocycles. The lowest BCUT2D eigenvalue weighted by Gasteiger charge is -2.26. The summed E-state index contributed by atoms with van der Waals surface area (Å²) >= 11 is 0. The molecule has 0 spiro atoms. The molecule has 1 rings (SSSR count). The van der Waals surface area contributed by atoms with Gasteiger partial charge in [-0.25, -0.2) is 0 Å². The molecular formula is C10H21N3O. The van der Waals surface area contributed by atoms with Crippen LogP contribution in [0.5, 0.6) is 0 Å². The maximum atomic E-state index is 10.5. The van der Waals surface area contributed by atoms with Crippen LogP contribution in [0.25, 0.3) is 0 Å². The van der Waals surface area contributed by atoms with Crippen molar-refractivity contribution in [1.29, 1.82) is 0 Å². The van der Waals surface area contributed by atoms with E-state index < -0.39 is 0 Å². The van der Waals surface area contributed by atoms with Gasteiger partial charge in [-0.15, -0.1) is 0 Å². The molecule has 1 amide bonds. The predicted molar refractivity (Wildman–Crippen MR) is 57.0 cm³/mol. The van der Waals surface area contributed by atoms with E-state index in [1.807, 2.05) is 0 Å². The molecule has 0 saturated carbocycles. The van der Waals surface area contributed by atoms with Crippen molar-refractivity contribution in [3.05, 3.63) is 0 Å². The molecule has 0 unspecified atom stereocenters. The first-order valence-electron chi connectivity index (χ1n) is 5.50. The van der Waals surface area contributed by atoms with Crippen LogP contribution in [0.15, 0.2) is 0 Å². The molecule has 0 aromatic carbocycles. The fourth-order valence-electron chi connectivity index (χ4n) is 1.75. The van der Waals surface area contributed by atoms with E-state index in [9.17, 15) is 4.79 Å². The second-order valence-corrected chi connectivity index (χ2v) is 3.87. The smallest absolute Gasteiger partial charge is 0.217 e. The number of rotatable bonds is 6. The Hall–Kier alpha value is -0.610. The van der Waals surface area contributed by atoms with Crippen LogP contribution in [-0.2, 0) is 4.79 Å². The Balaban J connectivity index is 1.90. The van der Waals surface area contributed by atoms with Crippen molar-refractivity contribution < 1.29 is 4.79 Å². The van der Waals surface area contributed by atoms with Gasteiger partial charge in [-0.05, 0) is 19.4 Å². The summed E-state index contributed by atoms with van der Waals surface area (Å²) in [6.07, 6.45) is 3.79. The van der Waals surface area contributed by atoms with Crippen molar-refractivity contribution in [2.75, 3.05) is 32.7 Å². The normalized spacial score (nSPS) is 18.3. The fourth-order valence-corrected chi connectivity index (χ4v) is 1.75. The van der Waals surface area contributed by atoms with Gasteiger partial charge >= 0.3 is 0 Å². The molecule has 1 fully saturated rings. The highest BCUT2D eigenvalue weighted by Gasteiger charge is 2.07. The van der Waals surface area contributed by atoms with Gasteiger partial charge in [-0.3, -0.25) is 4.79 Å². The number of amides is 1. The number of piperazine rings is 1. The molecule has 1 heterocycles. The number of unbranched alkanes of at least 4 members (excludes halogenated alkanes) is 2. The summed E-state index contributed by atoms with van der Waals surface area (Å²) in [5.74, 6) is -0.174. The Morgan fingerprint density at radius 3 is 2.57 bits per heavy atom. The summed E-state index contributed by atoms with van der Waals surface area (Å²) in [5.41, 5.74) is 5.06. The van der Waals surface area contributed by atoms with Crippen molar-refractivity contribution in [2.45, 2.75) is 25.7 Å². The summed E-state index contributed by atoms with van der Waals surface area (Å²) in [5, 5.41) is 3.33. The second-order valence-electron chi connectivity index (χ2n) is 3.87. The molecule has 0 atom stereocenters. The van der Waals surface area contributed by atoms with Gasteiger partial charge in [0.25, 0.3) is 0 Å². The highest BCUT2D eigenvalue weighted by atomic mass is 16.1. The number of nitrogens with two attached hydrogens (primary N) is 1. The first-order chi connectivity index (χ1) is 6.79. The molecular weight excluding hydrogens is 178 g/mol. The van der Waals surface area contributed by atoms with E-state index in [0.29, 0.717) is 6.42 Å². The van der Waals surface area contributed by atoms with Crippen LogP contribution < -0.4 is 11.1 Å². The third-order valence-electron chi connectivity index (χ3n) is 2.61. The molecule has 1 aliphatic heterocycles. The lowest BCUT2D eigenvalue weighted by Crippen LogP contribution is -2.43. The van der Waals surface area contributed by atoms with Crippen LogP contribution >= 0.6 is 0 Å². The van der Waals surface area contributed by atoms with Crippen LogP contribution in [0, 0.1) is 0 Å². The van der Waals surface area contributed by atoms with Crippen molar-refractivity contribution in [3.8, 4) is 0 Å². The minimum absolute atomic E-state index is 0.174. The first kappa shape index (κ1) is 11.5. The average molecular weight is 199 g/mol. The standard InChI is InChI=1S/C10H21N3O/c11-10(14)4-2-1-3-7-13-8-5-12-6-9-13/h12H,1-9H2,(H2,11,14). The highest BCUT2D eigenvalue weighted by molar-refractivity contribution is 5.73. The van der Waals surface area contributed by atoms with Crippen molar-refractivity contribution >= 4 is 5.91 Å². The molecule has 3 N–H and O–H groups in total. The van der Waals surface area contributed by atoms with Gasteiger partial charge < -0.3 is 16.0 Å². The zero-order valence-electron chi connectivity index (χ0n) is 8.80. The first-order valence-corrected chi connectivity index (χ1v) is 5.50. The molecule has 1 aliphatic rings. The summed E-state index contributed by atoms with van der Waals surface area (Å²) in [4.78, 5) is 12.9. The van der Waals surface area contributed by atoms with Crippen LogP contribution in [0.4, 0.5) is 0 Å². The molecule has 0 aromatic heterocycles. The summed E-state index contributed by atoms with van der Waals surface area (Å²) < 4.78 is 0. The number of carbonyl (C=O) groups excluding carboxylic acids is 1. The van der Waals surface area contributed by atoms with E-state index in [-0.39, 0.29) is 5.91 Å². The van der Waals surface area contributed by atoms with E-state index in [1.54, 1.807) is 0 Å². The number of primary amides is 1. The Kier molecular flexibility index (Phi) is 5.56. The molecule has 82 valence electrons. The van der Waals surface area contributed by atoms with Gasteiger partial charge in [0.15, 0.2) is 0 Å². The lowest BCUT2D eigenvalue weighted by molar-refractivity contribution is -0.118. The van der Waals surface area contributed by atoms with E-state index in [2.05, 4.69) is 10.2 Å². The largest absolute Gasteiger partial charge is 0.370 e. The van der Waals surface area contributed by atoms with E-state index in [4.69, 9.17) is 5.73 Å². The topological polar surface area (TPSA) is 58.4 Å². The number of nitrogens with zero attached hydrogens (tertiary/aromatic N) is 1. The van der Waals surface area contributed by atoms with Crippen LogP contribution in [-0.4, -0.2) is 43.5 Å². The van der Waals surface area contributed by atoms with Gasteiger partial charge in [0.1, 0.15) is 0 Å². The minimum atomic E-state index is -0.174. The summed E-state index contributed by atoms with van der Waals surface area (Å²) in [6, 6.07) is 0. The molecule has 0 bridgehead atoms. The molecule has 14 heavy (non-hydrogen) atoms. The SMILES string of the molecule is NC(=O)CCCCCN1CCNCC1. The predicted octanol–water partition coefficient (Wildman–Crippen LogP) is -0.0627. The maximum Gasteiger partial charge on any atom is 0.217 e. The van der Waals surface area contributed by atoms with Gasteiger partial charge in [0.05, 0.1) is 0 Å². The minimum Gasteiger partial charge on any atom is -0.370 e. The quantitative estimate of drug-likeness (QED) is 0.589. The van der Waals surface area contributed by atoms with E-state index in [0.717, 1.165) is 39.0 Å². The van der Waals surface area contributed by atoms with Crippen molar-refractivity contribution in [3.63, 3.8) is 0 Å². The Morgan fingerprint density at radius 2 is 1.93 bits per heavy atom. The Labute approximate surface area is 85.8 Å². The van der Waals surface area contributed by atoms with E-state index in [1.165, 1.54) is 13.0 Å². The van der Waals surface area contributed by atoms with Crippen LogP contribution in [0.3, 0.4) is 0 Å². The maximum absolute atomic E-state index is 10.5. The van der Waals surface area contributed by atoms with Crippen molar-refractivity contribution in [1.82, 2.24) is 10.2 Å². The summed E-state index contributed by atoms with van der Waals surface area (Å²) in [6.45, 7) is 5.72. The third kappa shape index (κ3) is 5.19. The van der Waals surface area contributed by atoms with E-state index >= 15 is 0 Å². The molecule has 1 saturated heterocycles. The molecule has 0 radical (unpaired) electrons. The number of hydrogen-bond donors (Lipinski definition) is 2.